The van der Waals surface area contributed by atoms with Crippen LogP contribution in [0.1, 0.15) is 5.56 Å². The zero-order chi connectivity index (χ0) is 13.8. The molecule has 4 heteroatoms. The van der Waals surface area contributed by atoms with Crippen molar-refractivity contribution in [2.24, 2.45) is 0 Å². The fourth-order valence-corrected chi connectivity index (χ4v) is 2.21. The second kappa shape index (κ2) is 5.77. The molecule has 0 saturated carbocycles. The van der Waals surface area contributed by atoms with Gasteiger partial charge in [-0.05, 0) is 30.3 Å². The third kappa shape index (κ3) is 2.88. The topological polar surface area (TPSA) is 36.3 Å². The Balaban J connectivity index is 2.44. The average molecular weight is 317 g/mol. The molecule has 0 aliphatic rings. The van der Waals surface area contributed by atoms with Crippen molar-refractivity contribution in [1.29, 1.82) is 5.26 Å². The molecule has 0 fully saturated rings. The van der Waals surface area contributed by atoms with Gasteiger partial charge < -0.3 is 9.64 Å². The highest BCUT2D eigenvalue weighted by Crippen LogP contribution is 2.30. The molecule has 0 aliphatic carbocycles. The summed E-state index contributed by atoms with van der Waals surface area (Å²) in [5.74, 6) is 0.792. The van der Waals surface area contributed by atoms with Crippen molar-refractivity contribution in [3.05, 3.63) is 52.5 Å². The fraction of sp³-hybridized carbons (Fsp3) is 0.133. The third-order valence-corrected chi connectivity index (χ3v) is 3.37. The van der Waals surface area contributed by atoms with E-state index in [2.05, 4.69) is 22.0 Å². The van der Waals surface area contributed by atoms with Crippen LogP contribution in [0.15, 0.2) is 46.9 Å². The maximum absolute atomic E-state index is 9.22. The van der Waals surface area contributed by atoms with Crippen LogP contribution in [0.5, 0.6) is 5.75 Å². The summed E-state index contributed by atoms with van der Waals surface area (Å²) in [5.41, 5.74) is 2.46. The van der Waals surface area contributed by atoms with Gasteiger partial charge in [0.05, 0.1) is 18.4 Å². The third-order valence-electron chi connectivity index (χ3n) is 2.88. The van der Waals surface area contributed by atoms with Gasteiger partial charge in [0.2, 0.25) is 0 Å². The zero-order valence-corrected chi connectivity index (χ0v) is 12.3. The normalized spacial score (nSPS) is 9.79. The Hall–Kier alpha value is -1.99. The average Bonchev–Trinajstić information content (AvgIpc) is 2.46. The summed E-state index contributed by atoms with van der Waals surface area (Å²) in [6.07, 6.45) is 0. The highest BCUT2D eigenvalue weighted by Gasteiger charge is 2.10. The lowest BCUT2D eigenvalue weighted by Crippen LogP contribution is -2.11. The van der Waals surface area contributed by atoms with Crippen LogP contribution in [-0.2, 0) is 0 Å². The number of anilines is 2. The Morgan fingerprint density at radius 3 is 2.68 bits per heavy atom. The lowest BCUT2D eigenvalue weighted by Gasteiger charge is -2.21. The Kier molecular flexibility index (Phi) is 4.08. The van der Waals surface area contributed by atoms with Crippen LogP contribution in [-0.4, -0.2) is 14.2 Å². The molecule has 3 nitrogen and oxygen atoms in total. The summed E-state index contributed by atoms with van der Waals surface area (Å²) >= 11 is 3.38. The molecule has 0 aromatic heterocycles. The van der Waals surface area contributed by atoms with Crippen molar-refractivity contribution in [2.45, 2.75) is 0 Å². The van der Waals surface area contributed by atoms with E-state index in [9.17, 15) is 5.26 Å². The number of rotatable bonds is 3. The van der Waals surface area contributed by atoms with Crippen LogP contribution in [0.25, 0.3) is 0 Å². The first kappa shape index (κ1) is 13.4. The highest BCUT2D eigenvalue weighted by atomic mass is 79.9. The van der Waals surface area contributed by atoms with Crippen molar-refractivity contribution >= 4 is 27.3 Å². The van der Waals surface area contributed by atoms with Crippen molar-refractivity contribution in [3.8, 4) is 11.8 Å². The SMILES string of the molecule is COc1cccc(N(C)c2ccc(Br)cc2C#N)c1. The second-order valence-corrected chi connectivity index (χ2v) is 4.95. The van der Waals surface area contributed by atoms with Gasteiger partial charge in [0.1, 0.15) is 11.8 Å². The second-order valence-electron chi connectivity index (χ2n) is 4.03. The van der Waals surface area contributed by atoms with Crippen molar-refractivity contribution in [3.63, 3.8) is 0 Å². The van der Waals surface area contributed by atoms with Gasteiger partial charge in [-0.15, -0.1) is 0 Å². The van der Waals surface area contributed by atoms with E-state index >= 15 is 0 Å². The summed E-state index contributed by atoms with van der Waals surface area (Å²) in [7, 11) is 3.57. The van der Waals surface area contributed by atoms with Gasteiger partial charge in [0.15, 0.2) is 0 Å². The Morgan fingerprint density at radius 1 is 1.21 bits per heavy atom. The molecule has 0 amide bonds. The van der Waals surface area contributed by atoms with Crippen LogP contribution in [0.2, 0.25) is 0 Å². The number of nitriles is 1. The summed E-state index contributed by atoms with van der Waals surface area (Å²) in [5, 5.41) is 9.22. The van der Waals surface area contributed by atoms with Gasteiger partial charge in [-0.2, -0.15) is 5.26 Å². The van der Waals surface area contributed by atoms with E-state index in [1.54, 1.807) is 7.11 Å². The smallest absolute Gasteiger partial charge is 0.120 e. The number of hydrogen-bond acceptors (Lipinski definition) is 3. The van der Waals surface area contributed by atoms with Gasteiger partial charge in [0, 0.05) is 23.3 Å². The van der Waals surface area contributed by atoms with Gasteiger partial charge >= 0.3 is 0 Å². The van der Waals surface area contributed by atoms with Gasteiger partial charge in [-0.3, -0.25) is 0 Å². The summed E-state index contributed by atoms with van der Waals surface area (Å²) in [6, 6.07) is 15.6. The van der Waals surface area contributed by atoms with Crippen LogP contribution in [0, 0.1) is 11.3 Å². The lowest BCUT2D eigenvalue weighted by molar-refractivity contribution is 0.415. The quantitative estimate of drug-likeness (QED) is 0.855. The van der Waals surface area contributed by atoms with E-state index in [1.807, 2.05) is 54.4 Å². The molecule has 0 unspecified atom stereocenters. The van der Waals surface area contributed by atoms with Gasteiger partial charge in [-0.1, -0.05) is 22.0 Å². The van der Waals surface area contributed by atoms with E-state index in [1.165, 1.54) is 0 Å². The standard InChI is InChI=1S/C15H13BrN2O/c1-18(13-4-3-5-14(9-13)19-2)15-7-6-12(16)8-11(15)10-17/h3-9H,1-2H3. The van der Waals surface area contributed by atoms with E-state index in [0.717, 1.165) is 21.6 Å². The largest absolute Gasteiger partial charge is 0.497 e. The maximum atomic E-state index is 9.22. The molecule has 0 radical (unpaired) electrons. The summed E-state index contributed by atoms with van der Waals surface area (Å²) in [4.78, 5) is 1.97. The molecule has 0 N–H and O–H groups in total. The molecule has 0 atom stereocenters. The van der Waals surface area contributed by atoms with E-state index < -0.39 is 0 Å². The van der Waals surface area contributed by atoms with Crippen LogP contribution >= 0.6 is 15.9 Å². The number of ether oxygens (including phenoxy) is 1. The molecule has 0 aliphatic heterocycles. The monoisotopic (exact) mass is 316 g/mol. The van der Waals surface area contributed by atoms with Crippen molar-refractivity contribution in [2.75, 3.05) is 19.1 Å². The van der Waals surface area contributed by atoms with Crippen molar-refractivity contribution in [1.82, 2.24) is 0 Å². The zero-order valence-electron chi connectivity index (χ0n) is 10.7. The molecule has 19 heavy (non-hydrogen) atoms. The van der Waals surface area contributed by atoms with Crippen molar-refractivity contribution < 1.29 is 4.74 Å². The van der Waals surface area contributed by atoms with Gasteiger partial charge in [-0.25, -0.2) is 0 Å². The Bertz CT molecular complexity index is 634. The number of hydrogen-bond donors (Lipinski definition) is 0. The number of benzene rings is 2. The number of halogens is 1. The first-order valence-corrected chi connectivity index (χ1v) is 6.52. The molecule has 2 aromatic rings. The van der Waals surface area contributed by atoms with Crippen LogP contribution in [0.3, 0.4) is 0 Å². The molecular formula is C15H13BrN2O. The summed E-state index contributed by atoms with van der Waals surface area (Å²) in [6.45, 7) is 0. The molecule has 2 rings (SSSR count). The number of methoxy groups -OCH3 is 1. The Labute approximate surface area is 121 Å². The first-order valence-electron chi connectivity index (χ1n) is 5.73. The lowest BCUT2D eigenvalue weighted by atomic mass is 10.1. The molecule has 0 saturated heterocycles. The minimum Gasteiger partial charge on any atom is -0.497 e. The summed E-state index contributed by atoms with van der Waals surface area (Å²) < 4.78 is 6.11. The van der Waals surface area contributed by atoms with Crippen LogP contribution < -0.4 is 9.64 Å². The number of nitrogens with zero attached hydrogens (tertiary/aromatic N) is 2. The predicted molar refractivity (Wildman–Crippen MR) is 79.9 cm³/mol. The van der Waals surface area contributed by atoms with Crippen LogP contribution in [0.4, 0.5) is 11.4 Å². The minimum atomic E-state index is 0.625. The first-order chi connectivity index (χ1) is 9.15. The maximum Gasteiger partial charge on any atom is 0.120 e. The molecule has 2 aromatic carbocycles. The fourth-order valence-electron chi connectivity index (χ4n) is 1.85. The van der Waals surface area contributed by atoms with E-state index in [0.29, 0.717) is 5.56 Å². The molecule has 0 bridgehead atoms. The minimum absolute atomic E-state index is 0.625. The molecular weight excluding hydrogens is 304 g/mol. The van der Waals surface area contributed by atoms with E-state index in [-0.39, 0.29) is 0 Å². The molecule has 0 spiro atoms. The van der Waals surface area contributed by atoms with Gasteiger partial charge in [0.25, 0.3) is 0 Å². The van der Waals surface area contributed by atoms with E-state index in [4.69, 9.17) is 4.74 Å². The predicted octanol–water partition coefficient (Wildman–Crippen LogP) is 4.10. The Morgan fingerprint density at radius 2 is 2.00 bits per heavy atom. The molecule has 96 valence electrons. The molecule has 0 heterocycles. The highest BCUT2D eigenvalue weighted by molar-refractivity contribution is 9.10.